The summed E-state index contributed by atoms with van der Waals surface area (Å²) in [6, 6.07) is 30.5. The molecule has 0 radical (unpaired) electrons. The summed E-state index contributed by atoms with van der Waals surface area (Å²) >= 11 is 0. The third-order valence-electron chi connectivity index (χ3n) is 7.35. The van der Waals surface area contributed by atoms with E-state index in [1.165, 1.54) is 5.56 Å². The minimum atomic E-state index is -0.304. The third-order valence-corrected chi connectivity index (χ3v) is 7.35. The van der Waals surface area contributed by atoms with Crippen molar-refractivity contribution in [1.29, 1.82) is 0 Å². The first-order valence-corrected chi connectivity index (χ1v) is 13.6. The summed E-state index contributed by atoms with van der Waals surface area (Å²) in [4.78, 5) is 28.4. The number of aromatic nitrogens is 2. The van der Waals surface area contributed by atoms with E-state index in [0.717, 1.165) is 60.1 Å². The topological polar surface area (TPSA) is 49.3 Å². The lowest BCUT2D eigenvalue weighted by Crippen LogP contribution is -2.39. The molecule has 1 aromatic heterocycles. The van der Waals surface area contributed by atoms with Gasteiger partial charge in [-0.25, -0.2) is 9.97 Å². The SMILES string of the molecule is Cc1nc(-c2ccccc2)nc(N2CCCN(C(=O)C(c3ccccc3)c3ccccc3)CC2)c1C(C)C. The maximum Gasteiger partial charge on any atom is 0.234 e. The lowest BCUT2D eigenvalue weighted by molar-refractivity contribution is -0.131. The Labute approximate surface area is 226 Å². The fraction of sp³-hybridized carbons (Fsp3) is 0.303. The van der Waals surface area contributed by atoms with Crippen LogP contribution in [0.25, 0.3) is 11.4 Å². The van der Waals surface area contributed by atoms with E-state index < -0.39 is 0 Å². The summed E-state index contributed by atoms with van der Waals surface area (Å²) in [6.45, 7) is 9.49. The molecule has 5 nitrogen and oxygen atoms in total. The van der Waals surface area contributed by atoms with Crippen molar-refractivity contribution in [3.05, 3.63) is 113 Å². The lowest BCUT2D eigenvalue weighted by Gasteiger charge is -2.28. The van der Waals surface area contributed by atoms with Crippen LogP contribution in [0.4, 0.5) is 5.82 Å². The summed E-state index contributed by atoms with van der Waals surface area (Å²) in [5, 5.41) is 0. The van der Waals surface area contributed by atoms with Crippen LogP contribution >= 0.6 is 0 Å². The van der Waals surface area contributed by atoms with Gasteiger partial charge in [-0.15, -0.1) is 0 Å². The van der Waals surface area contributed by atoms with Gasteiger partial charge in [0, 0.05) is 43.0 Å². The van der Waals surface area contributed by atoms with Crippen LogP contribution in [0.2, 0.25) is 0 Å². The number of benzene rings is 3. The van der Waals surface area contributed by atoms with Crippen LogP contribution in [0.3, 0.4) is 0 Å². The van der Waals surface area contributed by atoms with E-state index in [4.69, 9.17) is 9.97 Å². The van der Waals surface area contributed by atoms with Crippen LogP contribution in [0.15, 0.2) is 91.0 Å². The zero-order valence-corrected chi connectivity index (χ0v) is 22.5. The van der Waals surface area contributed by atoms with Crippen molar-refractivity contribution in [2.45, 2.75) is 39.0 Å². The predicted octanol–water partition coefficient (Wildman–Crippen LogP) is 6.45. The van der Waals surface area contributed by atoms with E-state index in [1.807, 2.05) is 59.5 Å². The maximum atomic E-state index is 14.0. The Balaban J connectivity index is 1.43. The standard InChI is InChI=1S/C33H36N4O/c1-24(2)29-25(3)34-31(28-18-11-6-12-19-28)35-32(29)36-20-13-21-37(23-22-36)33(38)30(26-14-7-4-8-15-26)27-16-9-5-10-17-27/h4-12,14-19,24,30H,13,20-23H2,1-3H3. The zero-order chi connectivity index (χ0) is 26.5. The van der Waals surface area contributed by atoms with E-state index in [1.54, 1.807) is 0 Å². The molecular formula is C33H36N4O. The molecule has 1 fully saturated rings. The largest absolute Gasteiger partial charge is 0.354 e. The van der Waals surface area contributed by atoms with Gasteiger partial charge in [0.1, 0.15) is 5.82 Å². The van der Waals surface area contributed by atoms with Gasteiger partial charge in [-0.2, -0.15) is 0 Å². The first-order chi connectivity index (χ1) is 18.5. The number of carbonyl (C=O) groups excluding carboxylic acids is 1. The van der Waals surface area contributed by atoms with Crippen molar-refractivity contribution in [3.63, 3.8) is 0 Å². The van der Waals surface area contributed by atoms with Crippen molar-refractivity contribution in [2.24, 2.45) is 0 Å². The van der Waals surface area contributed by atoms with Gasteiger partial charge >= 0.3 is 0 Å². The molecule has 0 spiro atoms. The average molecular weight is 505 g/mol. The molecule has 0 atom stereocenters. The minimum absolute atomic E-state index is 0.164. The second-order valence-corrected chi connectivity index (χ2v) is 10.3. The van der Waals surface area contributed by atoms with Crippen LogP contribution < -0.4 is 4.90 Å². The van der Waals surface area contributed by atoms with Gasteiger partial charge in [-0.3, -0.25) is 4.79 Å². The molecule has 3 aromatic carbocycles. The molecule has 1 aliphatic rings. The van der Waals surface area contributed by atoms with E-state index in [2.05, 4.69) is 62.1 Å². The monoisotopic (exact) mass is 504 g/mol. The summed E-state index contributed by atoms with van der Waals surface area (Å²) in [6.07, 6.45) is 0.892. The molecule has 1 saturated heterocycles. The second-order valence-electron chi connectivity index (χ2n) is 10.3. The predicted molar refractivity (Wildman–Crippen MR) is 154 cm³/mol. The van der Waals surface area contributed by atoms with Gasteiger partial charge in [0.15, 0.2) is 5.82 Å². The molecule has 5 heteroatoms. The molecule has 38 heavy (non-hydrogen) atoms. The highest BCUT2D eigenvalue weighted by atomic mass is 16.2. The summed E-state index contributed by atoms with van der Waals surface area (Å²) < 4.78 is 0. The molecule has 5 rings (SSSR count). The fourth-order valence-electron chi connectivity index (χ4n) is 5.50. The molecular weight excluding hydrogens is 468 g/mol. The quantitative estimate of drug-likeness (QED) is 0.303. The first-order valence-electron chi connectivity index (χ1n) is 13.6. The number of rotatable bonds is 6. The maximum absolute atomic E-state index is 14.0. The van der Waals surface area contributed by atoms with Gasteiger partial charge < -0.3 is 9.80 Å². The number of amides is 1. The highest BCUT2D eigenvalue weighted by molar-refractivity contribution is 5.87. The van der Waals surface area contributed by atoms with Crippen molar-refractivity contribution in [3.8, 4) is 11.4 Å². The van der Waals surface area contributed by atoms with Gasteiger partial charge in [-0.1, -0.05) is 105 Å². The number of nitrogens with zero attached hydrogens (tertiary/aromatic N) is 4. The molecule has 1 aliphatic heterocycles. The van der Waals surface area contributed by atoms with E-state index >= 15 is 0 Å². The van der Waals surface area contributed by atoms with E-state index in [9.17, 15) is 4.79 Å². The third kappa shape index (κ3) is 5.47. The smallest absolute Gasteiger partial charge is 0.234 e. The Kier molecular flexibility index (Phi) is 7.83. The summed E-state index contributed by atoms with van der Waals surface area (Å²) in [7, 11) is 0. The Bertz CT molecular complexity index is 1320. The van der Waals surface area contributed by atoms with Gasteiger partial charge in [0.05, 0.1) is 5.92 Å². The van der Waals surface area contributed by atoms with Gasteiger partial charge in [0.25, 0.3) is 0 Å². The van der Waals surface area contributed by atoms with Crippen molar-refractivity contribution in [1.82, 2.24) is 14.9 Å². The normalized spacial score (nSPS) is 14.1. The van der Waals surface area contributed by atoms with Crippen molar-refractivity contribution < 1.29 is 4.79 Å². The lowest BCUT2D eigenvalue weighted by atomic mass is 9.90. The molecule has 4 aromatic rings. The highest BCUT2D eigenvalue weighted by Gasteiger charge is 2.30. The number of carbonyl (C=O) groups is 1. The number of aryl methyl sites for hydroxylation is 1. The first kappa shape index (κ1) is 25.7. The number of anilines is 1. The molecule has 0 unspecified atom stereocenters. The Morgan fingerprint density at radius 1 is 0.737 bits per heavy atom. The minimum Gasteiger partial charge on any atom is -0.354 e. The van der Waals surface area contributed by atoms with E-state index in [0.29, 0.717) is 12.5 Å². The Morgan fingerprint density at radius 3 is 1.89 bits per heavy atom. The molecule has 2 heterocycles. The molecule has 194 valence electrons. The Morgan fingerprint density at radius 2 is 1.32 bits per heavy atom. The van der Waals surface area contributed by atoms with Crippen LogP contribution in [-0.2, 0) is 4.79 Å². The summed E-state index contributed by atoms with van der Waals surface area (Å²) in [5.41, 5.74) is 5.30. The second kappa shape index (κ2) is 11.6. The van der Waals surface area contributed by atoms with Crippen molar-refractivity contribution >= 4 is 11.7 Å². The van der Waals surface area contributed by atoms with Gasteiger partial charge in [0.2, 0.25) is 5.91 Å². The number of hydrogen-bond acceptors (Lipinski definition) is 4. The van der Waals surface area contributed by atoms with Crippen LogP contribution in [0, 0.1) is 6.92 Å². The van der Waals surface area contributed by atoms with Crippen LogP contribution in [-0.4, -0.2) is 47.0 Å². The van der Waals surface area contributed by atoms with Crippen molar-refractivity contribution in [2.75, 3.05) is 31.1 Å². The summed E-state index contributed by atoms with van der Waals surface area (Å²) in [5.74, 6) is 1.92. The highest BCUT2D eigenvalue weighted by Crippen LogP contribution is 2.32. The Hall–Kier alpha value is -3.99. The molecule has 1 amide bonds. The van der Waals surface area contributed by atoms with Crippen LogP contribution in [0.1, 0.15) is 54.5 Å². The molecule has 0 bridgehead atoms. The fourth-order valence-corrected chi connectivity index (χ4v) is 5.50. The molecule has 0 saturated carbocycles. The van der Waals surface area contributed by atoms with Gasteiger partial charge in [-0.05, 0) is 30.4 Å². The molecule has 0 aliphatic carbocycles. The number of hydrogen-bond donors (Lipinski definition) is 0. The zero-order valence-electron chi connectivity index (χ0n) is 22.5. The molecule has 0 N–H and O–H groups in total. The van der Waals surface area contributed by atoms with Crippen LogP contribution in [0.5, 0.6) is 0 Å². The van der Waals surface area contributed by atoms with E-state index in [-0.39, 0.29) is 11.8 Å². The average Bonchev–Trinajstić information content (AvgIpc) is 3.21.